The van der Waals surface area contributed by atoms with E-state index < -0.39 is 0 Å². The van der Waals surface area contributed by atoms with Gasteiger partial charge in [0.05, 0.1) is 10.0 Å². The van der Waals surface area contributed by atoms with Crippen LogP contribution in [-0.4, -0.2) is 11.0 Å². The van der Waals surface area contributed by atoms with Crippen LogP contribution in [0.15, 0.2) is 40.9 Å². The fourth-order valence-electron chi connectivity index (χ4n) is 1.43. The second-order valence-corrected chi connectivity index (χ2v) is 5.42. The number of hydrogen-bond acceptors (Lipinski definition) is 2. The molecule has 3 nitrogen and oxygen atoms in total. The van der Waals surface area contributed by atoms with Crippen LogP contribution in [-0.2, 0) is 0 Å². The minimum atomic E-state index is -0.292. The predicted octanol–water partition coefficient (Wildman–Crippen LogP) is 4.71. The Labute approximate surface area is 128 Å². The van der Waals surface area contributed by atoms with E-state index in [2.05, 4.69) is 21.2 Å². The van der Waals surface area contributed by atoms with E-state index >= 15 is 0 Å². The van der Waals surface area contributed by atoms with Gasteiger partial charge in [-0.05, 0) is 52.3 Å². The molecule has 2 aromatic rings. The smallest absolute Gasteiger partial charge is 0.255 e. The summed E-state index contributed by atoms with van der Waals surface area (Å²) in [6, 6.07) is 9.31. The van der Waals surface area contributed by atoms with Gasteiger partial charge in [0.15, 0.2) is 0 Å². The van der Waals surface area contributed by atoms with Crippen molar-refractivity contribution in [1.82, 2.24) is 0 Å². The van der Waals surface area contributed by atoms with Crippen LogP contribution in [0.1, 0.15) is 10.4 Å². The third-order valence-electron chi connectivity index (χ3n) is 2.39. The molecule has 0 bridgehead atoms. The van der Waals surface area contributed by atoms with Crippen LogP contribution in [0, 0.1) is 0 Å². The van der Waals surface area contributed by atoms with E-state index in [9.17, 15) is 9.90 Å². The molecule has 19 heavy (non-hydrogen) atoms. The summed E-state index contributed by atoms with van der Waals surface area (Å²) in [5, 5.41) is 12.7. The number of aromatic hydroxyl groups is 1. The number of benzene rings is 2. The SMILES string of the molecule is O=C(Nc1ccc(O)c(Cl)c1)c1ccc(Cl)c(Br)c1. The van der Waals surface area contributed by atoms with Crippen LogP contribution in [0.3, 0.4) is 0 Å². The third kappa shape index (κ3) is 3.41. The predicted molar refractivity (Wildman–Crippen MR) is 80.2 cm³/mol. The lowest BCUT2D eigenvalue weighted by atomic mass is 10.2. The van der Waals surface area contributed by atoms with Crippen LogP contribution >= 0.6 is 39.1 Å². The molecule has 6 heteroatoms. The Morgan fingerprint density at radius 1 is 1.11 bits per heavy atom. The van der Waals surface area contributed by atoms with Crippen molar-refractivity contribution in [3.8, 4) is 5.75 Å². The van der Waals surface area contributed by atoms with E-state index in [-0.39, 0.29) is 16.7 Å². The summed E-state index contributed by atoms with van der Waals surface area (Å²) in [4.78, 5) is 12.0. The molecular weight excluding hydrogens is 353 g/mol. The average Bonchev–Trinajstić information content (AvgIpc) is 2.37. The second kappa shape index (κ2) is 5.82. The van der Waals surface area contributed by atoms with Crippen molar-refractivity contribution in [2.24, 2.45) is 0 Å². The van der Waals surface area contributed by atoms with Crippen molar-refractivity contribution in [1.29, 1.82) is 0 Å². The van der Waals surface area contributed by atoms with Crippen LogP contribution in [0.5, 0.6) is 5.75 Å². The molecule has 0 heterocycles. The molecule has 0 aliphatic rings. The Hall–Kier alpha value is -1.23. The van der Waals surface area contributed by atoms with E-state index in [4.69, 9.17) is 23.2 Å². The van der Waals surface area contributed by atoms with E-state index in [1.807, 2.05) is 0 Å². The summed E-state index contributed by atoms with van der Waals surface area (Å²) >= 11 is 14.9. The molecule has 0 fully saturated rings. The van der Waals surface area contributed by atoms with Crippen LogP contribution in [0.25, 0.3) is 0 Å². The minimum absolute atomic E-state index is 0.0334. The highest BCUT2D eigenvalue weighted by molar-refractivity contribution is 9.10. The Balaban J connectivity index is 2.20. The number of phenolic OH excluding ortho intramolecular Hbond substituents is 1. The van der Waals surface area contributed by atoms with Gasteiger partial charge in [-0.3, -0.25) is 4.79 Å². The van der Waals surface area contributed by atoms with Gasteiger partial charge < -0.3 is 10.4 Å². The molecule has 0 unspecified atom stereocenters. The van der Waals surface area contributed by atoms with E-state index in [1.165, 1.54) is 12.1 Å². The largest absolute Gasteiger partial charge is 0.506 e. The zero-order valence-corrected chi connectivity index (χ0v) is 12.6. The van der Waals surface area contributed by atoms with Gasteiger partial charge in [-0.15, -0.1) is 0 Å². The lowest BCUT2D eigenvalue weighted by Crippen LogP contribution is -2.11. The highest BCUT2D eigenvalue weighted by Crippen LogP contribution is 2.27. The van der Waals surface area contributed by atoms with Gasteiger partial charge in [-0.2, -0.15) is 0 Å². The molecule has 0 aromatic heterocycles. The van der Waals surface area contributed by atoms with Crippen LogP contribution in [0.4, 0.5) is 5.69 Å². The number of phenols is 1. The summed E-state index contributed by atoms with van der Waals surface area (Å²) < 4.78 is 0.644. The van der Waals surface area contributed by atoms with Gasteiger partial charge in [-0.1, -0.05) is 23.2 Å². The Morgan fingerprint density at radius 3 is 2.47 bits per heavy atom. The number of amides is 1. The van der Waals surface area contributed by atoms with Crippen molar-refractivity contribution in [2.45, 2.75) is 0 Å². The molecule has 0 saturated carbocycles. The molecule has 0 atom stereocenters. The standard InChI is InChI=1S/C13H8BrCl2NO2/c14-9-5-7(1-3-10(9)15)13(19)17-8-2-4-12(18)11(16)6-8/h1-6,18H,(H,17,19). The van der Waals surface area contributed by atoms with Gasteiger partial charge in [0.2, 0.25) is 0 Å². The molecule has 2 aromatic carbocycles. The molecule has 2 N–H and O–H groups in total. The maximum atomic E-state index is 12.0. The summed E-state index contributed by atoms with van der Waals surface area (Å²) in [5.41, 5.74) is 0.958. The minimum Gasteiger partial charge on any atom is -0.506 e. The molecule has 0 aliphatic heterocycles. The zero-order chi connectivity index (χ0) is 14.0. The number of carbonyl (C=O) groups is 1. The number of anilines is 1. The zero-order valence-electron chi connectivity index (χ0n) is 9.45. The monoisotopic (exact) mass is 359 g/mol. The van der Waals surface area contributed by atoms with E-state index in [0.717, 1.165) is 0 Å². The lowest BCUT2D eigenvalue weighted by Gasteiger charge is -2.07. The summed E-state index contributed by atoms with van der Waals surface area (Å²) in [7, 11) is 0. The lowest BCUT2D eigenvalue weighted by molar-refractivity contribution is 0.102. The molecule has 1 amide bonds. The number of carbonyl (C=O) groups excluding carboxylic acids is 1. The first-order valence-electron chi connectivity index (χ1n) is 5.22. The van der Waals surface area contributed by atoms with Crippen molar-refractivity contribution in [3.63, 3.8) is 0 Å². The third-order valence-corrected chi connectivity index (χ3v) is 3.90. The Bertz CT molecular complexity index is 647. The summed E-state index contributed by atoms with van der Waals surface area (Å²) in [6.45, 7) is 0. The fourth-order valence-corrected chi connectivity index (χ4v) is 2.10. The molecule has 0 radical (unpaired) electrons. The summed E-state index contributed by atoms with van der Waals surface area (Å²) in [6.07, 6.45) is 0. The van der Waals surface area contributed by atoms with Crippen molar-refractivity contribution < 1.29 is 9.90 Å². The van der Waals surface area contributed by atoms with Gasteiger partial charge >= 0.3 is 0 Å². The van der Waals surface area contributed by atoms with E-state index in [0.29, 0.717) is 20.7 Å². The van der Waals surface area contributed by atoms with Gasteiger partial charge in [-0.25, -0.2) is 0 Å². The molecule has 0 saturated heterocycles. The fraction of sp³-hybridized carbons (Fsp3) is 0. The molecular formula is C13H8BrCl2NO2. The normalized spacial score (nSPS) is 10.3. The number of halogens is 3. The highest BCUT2D eigenvalue weighted by Gasteiger charge is 2.09. The van der Waals surface area contributed by atoms with Crippen molar-refractivity contribution in [3.05, 3.63) is 56.5 Å². The van der Waals surface area contributed by atoms with Crippen molar-refractivity contribution >= 4 is 50.7 Å². The Kier molecular flexibility index (Phi) is 4.34. The van der Waals surface area contributed by atoms with Crippen LogP contribution < -0.4 is 5.32 Å². The first-order valence-corrected chi connectivity index (χ1v) is 6.77. The van der Waals surface area contributed by atoms with Crippen LogP contribution in [0.2, 0.25) is 10.0 Å². The van der Waals surface area contributed by atoms with Crippen molar-refractivity contribution in [2.75, 3.05) is 5.32 Å². The molecule has 98 valence electrons. The highest BCUT2D eigenvalue weighted by atomic mass is 79.9. The number of rotatable bonds is 2. The first-order chi connectivity index (χ1) is 8.97. The van der Waals surface area contributed by atoms with Gasteiger partial charge in [0, 0.05) is 15.7 Å². The number of hydrogen-bond donors (Lipinski definition) is 2. The first kappa shape index (κ1) is 14.2. The van der Waals surface area contributed by atoms with Gasteiger partial charge in [0.1, 0.15) is 5.75 Å². The Morgan fingerprint density at radius 2 is 1.84 bits per heavy atom. The molecule has 0 spiro atoms. The van der Waals surface area contributed by atoms with Gasteiger partial charge in [0.25, 0.3) is 5.91 Å². The second-order valence-electron chi connectivity index (χ2n) is 3.75. The quantitative estimate of drug-likeness (QED) is 0.761. The molecule has 2 rings (SSSR count). The average molecular weight is 361 g/mol. The maximum Gasteiger partial charge on any atom is 0.255 e. The topological polar surface area (TPSA) is 49.3 Å². The molecule has 0 aliphatic carbocycles. The van der Waals surface area contributed by atoms with E-state index in [1.54, 1.807) is 24.3 Å². The maximum absolute atomic E-state index is 12.0. The summed E-state index contributed by atoms with van der Waals surface area (Å²) in [5.74, 6) is -0.326. The number of nitrogens with one attached hydrogen (secondary N) is 1.